The van der Waals surface area contributed by atoms with E-state index in [1.807, 2.05) is 34.6 Å². The largest absolute Gasteiger partial charge is 0.444 e. The molecule has 0 bridgehead atoms. The number of hydrogen-bond acceptors (Lipinski definition) is 4. The first-order valence-corrected chi connectivity index (χ1v) is 8.16. The van der Waals surface area contributed by atoms with Crippen LogP contribution in [0, 0.1) is 0 Å². The van der Waals surface area contributed by atoms with E-state index in [4.69, 9.17) is 9.47 Å². The molecule has 0 saturated heterocycles. The van der Waals surface area contributed by atoms with Gasteiger partial charge in [-0.2, -0.15) is 0 Å². The van der Waals surface area contributed by atoms with Crippen molar-refractivity contribution in [2.45, 2.75) is 58.6 Å². The van der Waals surface area contributed by atoms with Crippen LogP contribution in [0.4, 0.5) is 4.79 Å². The second-order valence-electron chi connectivity index (χ2n) is 6.46. The van der Waals surface area contributed by atoms with Crippen LogP contribution < -0.4 is 16.0 Å². The second kappa shape index (κ2) is 12.6. The maximum absolute atomic E-state index is 12.1. The van der Waals surface area contributed by atoms with Crippen LogP contribution in [0.3, 0.4) is 0 Å². The number of nitrogens with zero attached hydrogens (tertiary/aromatic N) is 1. The predicted octanol–water partition coefficient (Wildman–Crippen LogP) is 2.50. The molecule has 0 spiro atoms. The van der Waals surface area contributed by atoms with Gasteiger partial charge in [-0.25, -0.2) is 4.79 Å². The van der Waals surface area contributed by atoms with E-state index in [-0.39, 0.29) is 29.5 Å². The van der Waals surface area contributed by atoms with Crippen molar-refractivity contribution in [3.8, 4) is 0 Å². The molecule has 8 heteroatoms. The van der Waals surface area contributed by atoms with Gasteiger partial charge in [-0.3, -0.25) is 4.99 Å². The van der Waals surface area contributed by atoms with E-state index >= 15 is 0 Å². The van der Waals surface area contributed by atoms with Crippen molar-refractivity contribution >= 4 is 36.0 Å². The second-order valence-corrected chi connectivity index (χ2v) is 6.46. The van der Waals surface area contributed by atoms with Crippen LogP contribution in [0.1, 0.15) is 47.5 Å². The minimum absolute atomic E-state index is 0. The lowest BCUT2D eigenvalue weighted by Crippen LogP contribution is -2.57. The van der Waals surface area contributed by atoms with E-state index < -0.39 is 11.7 Å². The van der Waals surface area contributed by atoms with Crippen LogP contribution in [-0.2, 0) is 9.47 Å². The normalized spacial score (nSPS) is 12.2. The predicted molar refractivity (Wildman–Crippen MR) is 109 cm³/mol. The van der Waals surface area contributed by atoms with Crippen molar-refractivity contribution in [1.82, 2.24) is 16.0 Å². The summed E-state index contributed by atoms with van der Waals surface area (Å²) in [7, 11) is 3.37. The van der Waals surface area contributed by atoms with Gasteiger partial charge in [0.2, 0.25) is 0 Å². The van der Waals surface area contributed by atoms with Gasteiger partial charge >= 0.3 is 6.09 Å². The average molecular weight is 458 g/mol. The fraction of sp³-hybridized carbons (Fsp3) is 0.875. The quantitative estimate of drug-likeness (QED) is 0.225. The van der Waals surface area contributed by atoms with Gasteiger partial charge in [-0.1, -0.05) is 13.8 Å². The van der Waals surface area contributed by atoms with E-state index in [0.29, 0.717) is 25.7 Å². The molecule has 0 aromatic carbocycles. The summed E-state index contributed by atoms with van der Waals surface area (Å²) < 4.78 is 10.4. The minimum atomic E-state index is -0.511. The third kappa shape index (κ3) is 10.9. The maximum Gasteiger partial charge on any atom is 0.408 e. The minimum Gasteiger partial charge on any atom is -0.444 e. The van der Waals surface area contributed by atoms with Crippen molar-refractivity contribution in [3.05, 3.63) is 0 Å². The lowest BCUT2D eigenvalue weighted by Gasteiger charge is -2.34. The molecule has 144 valence electrons. The van der Waals surface area contributed by atoms with Crippen molar-refractivity contribution < 1.29 is 14.3 Å². The van der Waals surface area contributed by atoms with Gasteiger partial charge in [0.15, 0.2) is 5.96 Å². The summed E-state index contributed by atoms with van der Waals surface area (Å²) in [5, 5.41) is 9.41. The molecule has 0 aromatic heterocycles. The summed E-state index contributed by atoms with van der Waals surface area (Å²) in [4.78, 5) is 16.3. The Morgan fingerprint density at radius 3 is 2.12 bits per heavy atom. The molecule has 3 N–H and O–H groups in total. The first kappa shape index (κ1) is 25.5. The van der Waals surface area contributed by atoms with Crippen LogP contribution in [0.2, 0.25) is 0 Å². The number of hydrogen-bond donors (Lipinski definition) is 3. The first-order valence-electron chi connectivity index (χ1n) is 8.16. The van der Waals surface area contributed by atoms with Crippen molar-refractivity contribution in [2.24, 2.45) is 4.99 Å². The Hall–Kier alpha value is -0.770. The fourth-order valence-electron chi connectivity index (χ4n) is 1.99. The Labute approximate surface area is 163 Å². The highest BCUT2D eigenvalue weighted by Gasteiger charge is 2.30. The van der Waals surface area contributed by atoms with Gasteiger partial charge in [0.05, 0.1) is 12.1 Å². The molecule has 1 amide bonds. The Kier molecular flexibility index (Phi) is 13.3. The van der Waals surface area contributed by atoms with E-state index in [2.05, 4.69) is 20.9 Å². The number of alkyl carbamates (subject to hydrolysis) is 1. The van der Waals surface area contributed by atoms with Crippen LogP contribution in [0.5, 0.6) is 0 Å². The van der Waals surface area contributed by atoms with E-state index in [1.54, 1.807) is 14.2 Å². The number of amides is 1. The number of methoxy groups -OCH3 is 1. The molecule has 0 atom stereocenters. The molecule has 0 aliphatic carbocycles. The van der Waals surface area contributed by atoms with Gasteiger partial charge in [0, 0.05) is 27.2 Å². The van der Waals surface area contributed by atoms with Gasteiger partial charge in [-0.15, -0.1) is 24.0 Å². The van der Waals surface area contributed by atoms with Crippen molar-refractivity contribution in [1.29, 1.82) is 0 Å². The third-order valence-corrected chi connectivity index (χ3v) is 3.54. The number of carbonyl (C=O) groups excluding carboxylic acids is 1. The highest BCUT2D eigenvalue weighted by Crippen LogP contribution is 2.16. The number of nitrogens with one attached hydrogen (secondary N) is 3. The Morgan fingerprint density at radius 1 is 1.12 bits per heavy atom. The maximum atomic E-state index is 12.1. The smallest absolute Gasteiger partial charge is 0.408 e. The fourth-order valence-corrected chi connectivity index (χ4v) is 1.99. The number of ether oxygens (including phenoxy) is 2. The summed E-state index contributed by atoms with van der Waals surface area (Å²) in [6, 6.07) is 0. The van der Waals surface area contributed by atoms with Crippen molar-refractivity contribution in [3.63, 3.8) is 0 Å². The number of carbonyl (C=O) groups is 1. The molecule has 0 aliphatic rings. The molecule has 0 unspecified atom stereocenters. The zero-order valence-corrected chi connectivity index (χ0v) is 18.4. The molecular weight excluding hydrogens is 423 g/mol. The van der Waals surface area contributed by atoms with E-state index in [9.17, 15) is 4.79 Å². The summed E-state index contributed by atoms with van der Waals surface area (Å²) in [6.45, 7) is 11.5. The molecule has 0 radical (unpaired) electrons. The molecule has 0 aliphatic heterocycles. The summed E-state index contributed by atoms with van der Waals surface area (Å²) in [5.41, 5.74) is -0.899. The number of halogens is 1. The first-order chi connectivity index (χ1) is 10.7. The lowest BCUT2D eigenvalue weighted by atomic mass is 9.93. The molecule has 0 rings (SSSR count). The van der Waals surface area contributed by atoms with Crippen LogP contribution in [-0.4, -0.2) is 57.0 Å². The molecule has 24 heavy (non-hydrogen) atoms. The van der Waals surface area contributed by atoms with Crippen LogP contribution in [0.25, 0.3) is 0 Å². The topological polar surface area (TPSA) is 84.0 Å². The van der Waals surface area contributed by atoms with E-state index in [0.717, 1.165) is 12.8 Å². The molecule has 7 nitrogen and oxygen atoms in total. The highest BCUT2D eigenvalue weighted by molar-refractivity contribution is 14.0. The molecule has 0 saturated carbocycles. The highest BCUT2D eigenvalue weighted by atomic mass is 127. The van der Waals surface area contributed by atoms with Gasteiger partial charge < -0.3 is 25.4 Å². The van der Waals surface area contributed by atoms with Gasteiger partial charge in [0.1, 0.15) is 5.60 Å². The van der Waals surface area contributed by atoms with Crippen molar-refractivity contribution in [2.75, 3.05) is 33.9 Å². The molecular formula is C16H35IN4O3. The van der Waals surface area contributed by atoms with Crippen LogP contribution in [0.15, 0.2) is 4.99 Å². The SMILES string of the molecule is CCC(CC)(CNC(=NC)NCCOC)NC(=O)OC(C)(C)C.I. The number of aliphatic imine (C=N–C) groups is 1. The standard InChI is InChI=1S/C16H34N4O3.HI/c1-8-16(9-2,20-14(21)23-15(3,4)5)12-19-13(17-6)18-10-11-22-7;/h8-12H2,1-7H3,(H,20,21)(H2,17,18,19);1H. The number of guanidine groups is 1. The summed E-state index contributed by atoms with van der Waals surface area (Å²) in [6.07, 6.45) is 1.17. The average Bonchev–Trinajstić information content (AvgIpc) is 2.47. The summed E-state index contributed by atoms with van der Waals surface area (Å²) in [5.74, 6) is 0.680. The Balaban J connectivity index is 0. The zero-order valence-electron chi connectivity index (χ0n) is 16.1. The third-order valence-electron chi connectivity index (χ3n) is 3.54. The molecule has 0 aromatic rings. The van der Waals surface area contributed by atoms with Gasteiger partial charge in [-0.05, 0) is 33.6 Å². The Morgan fingerprint density at radius 2 is 1.71 bits per heavy atom. The molecule has 0 fully saturated rings. The zero-order chi connectivity index (χ0) is 17.9. The number of rotatable bonds is 8. The van der Waals surface area contributed by atoms with E-state index in [1.165, 1.54) is 0 Å². The lowest BCUT2D eigenvalue weighted by molar-refractivity contribution is 0.0448. The Bertz CT molecular complexity index is 380. The molecule has 0 heterocycles. The van der Waals surface area contributed by atoms with Gasteiger partial charge in [0.25, 0.3) is 0 Å². The summed E-state index contributed by atoms with van der Waals surface area (Å²) >= 11 is 0. The monoisotopic (exact) mass is 458 g/mol. The van der Waals surface area contributed by atoms with Crippen LogP contribution >= 0.6 is 24.0 Å².